The summed E-state index contributed by atoms with van der Waals surface area (Å²) in [7, 11) is -3.64. The number of urea groups is 1. The molecule has 0 atom stereocenters. The Morgan fingerprint density at radius 2 is 1.20 bits per heavy atom. The molecule has 0 bridgehead atoms. The van der Waals surface area contributed by atoms with Gasteiger partial charge < -0.3 is 24.7 Å². The van der Waals surface area contributed by atoms with Gasteiger partial charge in [0.05, 0.1) is 19.6 Å². The third kappa shape index (κ3) is 10.4. The Balaban J connectivity index is 1.19. The first kappa shape index (κ1) is 40.5. The lowest BCUT2D eigenvalue weighted by Crippen LogP contribution is -2.40. The highest BCUT2D eigenvalue weighted by Crippen LogP contribution is 2.51. The van der Waals surface area contributed by atoms with Crippen LogP contribution in [0.25, 0.3) is 11.1 Å². The number of anilines is 4. The van der Waals surface area contributed by atoms with E-state index in [-0.39, 0.29) is 18.7 Å². The SMILES string of the molecule is CCCCCC[N+]1c2ccccc2Sc2cc(-c3ccc4c(c3)Sc3cc(CNC(=O)NCCC[Si](O)(O)OCC)ccc3[N+]4CCCCCC)ccc21. The lowest BCUT2D eigenvalue weighted by Gasteiger charge is -2.23. The standard InChI is InChI=1S/C43H56N4O4S2Si/c1-4-7-9-13-25-46-35-16-11-12-17-39(35)52-41-29-33(19-22-37(41)46)34-20-23-38-42(30-34)53-40-28-32(18-21-36(40)47(38)26-14-10-8-5-2)31-45-43(48)44-24-15-27-54(49,50)51-6-3/h11-12,16-23,28-30,49-50H,4-10,13-15,24-27,31H2,1-3H3,(H2,44,45,48)/q+2. The maximum atomic E-state index is 12.6. The summed E-state index contributed by atoms with van der Waals surface area (Å²) >= 11 is 3.68. The number of rotatable bonds is 19. The summed E-state index contributed by atoms with van der Waals surface area (Å²) in [5, 5.41) is 5.79. The molecule has 4 N–H and O–H groups in total. The van der Waals surface area contributed by atoms with Gasteiger partial charge in [0.15, 0.2) is 0 Å². The van der Waals surface area contributed by atoms with Gasteiger partial charge in [-0.25, -0.2) is 4.79 Å². The lowest BCUT2D eigenvalue weighted by molar-refractivity contribution is 0.155. The number of nitrogens with one attached hydrogen (secondary N) is 2. The maximum Gasteiger partial charge on any atom is 0.495 e. The van der Waals surface area contributed by atoms with Crippen molar-refractivity contribution in [2.75, 3.05) is 26.2 Å². The number of fused-ring (bicyclic) bond motifs is 4. The summed E-state index contributed by atoms with van der Waals surface area (Å²) in [5.74, 6) is 0. The van der Waals surface area contributed by atoms with Crippen LogP contribution in [0.4, 0.5) is 27.5 Å². The molecule has 0 saturated carbocycles. The molecule has 2 aliphatic rings. The minimum absolute atomic E-state index is 0.152. The molecular formula is C43H56N4O4S2Si+2. The molecule has 54 heavy (non-hydrogen) atoms. The van der Waals surface area contributed by atoms with Crippen LogP contribution in [-0.2, 0) is 11.0 Å². The van der Waals surface area contributed by atoms with Crippen molar-refractivity contribution in [3.8, 4) is 11.1 Å². The van der Waals surface area contributed by atoms with Crippen LogP contribution in [0.1, 0.15) is 84.1 Å². The zero-order chi connectivity index (χ0) is 37.9. The molecule has 4 aromatic rings. The monoisotopic (exact) mass is 784 g/mol. The molecular weight excluding hydrogens is 729 g/mol. The van der Waals surface area contributed by atoms with Crippen LogP contribution in [-0.4, -0.2) is 50.7 Å². The first-order chi connectivity index (χ1) is 26.3. The van der Waals surface area contributed by atoms with Crippen LogP contribution in [0.15, 0.2) is 98.4 Å². The van der Waals surface area contributed by atoms with Gasteiger partial charge in [0.2, 0.25) is 22.7 Å². The van der Waals surface area contributed by atoms with Gasteiger partial charge in [-0.15, -0.1) is 0 Å². The first-order valence-electron chi connectivity index (χ1n) is 19.8. The van der Waals surface area contributed by atoms with Crippen molar-refractivity contribution in [1.82, 2.24) is 20.4 Å². The van der Waals surface area contributed by atoms with E-state index in [0.717, 1.165) is 25.1 Å². The number of benzene rings is 4. The highest BCUT2D eigenvalue weighted by atomic mass is 32.2. The van der Waals surface area contributed by atoms with Crippen LogP contribution >= 0.6 is 23.5 Å². The first-order valence-corrected chi connectivity index (χ1v) is 23.5. The number of para-hydroxylation sites is 1. The number of amides is 2. The molecule has 0 unspecified atom stereocenters. The fraction of sp³-hybridized carbons (Fsp3) is 0.419. The normalized spacial score (nSPS) is 13.9. The van der Waals surface area contributed by atoms with Crippen molar-refractivity contribution >= 4 is 61.1 Å². The van der Waals surface area contributed by atoms with Crippen LogP contribution in [0.5, 0.6) is 0 Å². The second-order valence-electron chi connectivity index (χ2n) is 14.2. The van der Waals surface area contributed by atoms with E-state index in [9.17, 15) is 14.4 Å². The minimum Gasteiger partial charge on any atom is -0.390 e. The van der Waals surface area contributed by atoms with Crippen LogP contribution < -0.4 is 20.4 Å². The zero-order valence-corrected chi connectivity index (χ0v) is 34.7. The molecule has 2 heterocycles. The molecule has 286 valence electrons. The van der Waals surface area contributed by atoms with Crippen LogP contribution in [0, 0.1) is 0 Å². The molecule has 0 saturated heterocycles. The van der Waals surface area contributed by atoms with E-state index in [1.54, 1.807) is 18.7 Å². The van der Waals surface area contributed by atoms with Gasteiger partial charge in [0.1, 0.15) is 13.1 Å². The van der Waals surface area contributed by atoms with Gasteiger partial charge in [0, 0.05) is 62.8 Å². The van der Waals surface area contributed by atoms with E-state index in [2.05, 4.69) is 113 Å². The highest BCUT2D eigenvalue weighted by Gasteiger charge is 2.36. The average Bonchev–Trinajstić information content (AvgIpc) is 3.17. The van der Waals surface area contributed by atoms with Crippen molar-refractivity contribution < 1.29 is 18.8 Å². The number of nitrogens with zero attached hydrogens (tertiary/aromatic N) is 2. The van der Waals surface area contributed by atoms with E-state index >= 15 is 0 Å². The Morgan fingerprint density at radius 1 is 0.648 bits per heavy atom. The fourth-order valence-corrected chi connectivity index (χ4v) is 10.8. The molecule has 2 amide bonds. The number of carbonyl (C=O) groups is 1. The van der Waals surface area contributed by atoms with Gasteiger partial charge in [0.25, 0.3) is 0 Å². The summed E-state index contributed by atoms with van der Waals surface area (Å²) in [4.78, 5) is 42.4. The summed E-state index contributed by atoms with van der Waals surface area (Å²) in [5.41, 5.74) is 8.54. The smallest absolute Gasteiger partial charge is 0.390 e. The summed E-state index contributed by atoms with van der Waals surface area (Å²) < 4.78 is 5.04. The van der Waals surface area contributed by atoms with E-state index in [1.165, 1.54) is 98.4 Å². The fourth-order valence-electron chi connectivity index (χ4n) is 7.18. The number of hydrogen-bond acceptors (Lipinski definition) is 8. The second-order valence-corrected chi connectivity index (χ2v) is 18.6. The van der Waals surface area contributed by atoms with Crippen molar-refractivity contribution in [2.45, 2.75) is 111 Å². The summed E-state index contributed by atoms with van der Waals surface area (Å²) in [6.07, 6.45) is 10.2. The molecule has 4 aromatic carbocycles. The van der Waals surface area contributed by atoms with E-state index < -0.39 is 8.80 Å². The van der Waals surface area contributed by atoms with Gasteiger partial charge in [-0.1, -0.05) is 91.1 Å². The lowest BCUT2D eigenvalue weighted by atomic mass is 10.0. The topological polar surface area (TPSA) is 103 Å². The number of unbranched alkanes of at least 4 members (excludes halogenated alkanes) is 6. The molecule has 2 radical (unpaired) electrons. The van der Waals surface area contributed by atoms with Crippen molar-refractivity contribution in [3.05, 3.63) is 84.4 Å². The molecule has 6 rings (SSSR count). The summed E-state index contributed by atoms with van der Waals surface area (Å²) in [6, 6.07) is 29.1. The third-order valence-corrected chi connectivity index (χ3v) is 14.0. The third-order valence-electron chi connectivity index (χ3n) is 10.0. The average molecular weight is 785 g/mol. The maximum absolute atomic E-state index is 12.6. The van der Waals surface area contributed by atoms with Crippen molar-refractivity contribution in [3.63, 3.8) is 0 Å². The number of carbonyl (C=O) groups excluding carboxylic acids is 1. The van der Waals surface area contributed by atoms with Crippen LogP contribution in [0.3, 0.4) is 0 Å². The molecule has 0 fully saturated rings. The largest absolute Gasteiger partial charge is 0.495 e. The predicted molar refractivity (Wildman–Crippen MR) is 225 cm³/mol. The Kier molecular flexibility index (Phi) is 14.7. The Labute approximate surface area is 331 Å². The molecule has 0 spiro atoms. The molecule has 8 nitrogen and oxygen atoms in total. The van der Waals surface area contributed by atoms with Crippen molar-refractivity contribution in [1.29, 1.82) is 0 Å². The van der Waals surface area contributed by atoms with Gasteiger partial charge in [-0.05, 0) is 79.3 Å². The van der Waals surface area contributed by atoms with E-state index in [4.69, 9.17) is 4.43 Å². The molecule has 0 aliphatic carbocycles. The van der Waals surface area contributed by atoms with Crippen molar-refractivity contribution in [2.24, 2.45) is 0 Å². The molecule has 2 aliphatic heterocycles. The van der Waals surface area contributed by atoms with E-state index in [1.807, 2.05) is 11.8 Å². The second kappa shape index (κ2) is 19.6. The summed E-state index contributed by atoms with van der Waals surface area (Å²) in [6.45, 7) is 9.24. The quantitative estimate of drug-likeness (QED) is 0.0429. The van der Waals surface area contributed by atoms with Gasteiger partial charge >= 0.3 is 14.8 Å². The van der Waals surface area contributed by atoms with Gasteiger partial charge in [-0.3, -0.25) is 0 Å². The molecule has 0 aromatic heterocycles. The van der Waals surface area contributed by atoms with E-state index in [0.29, 0.717) is 19.5 Å². The Bertz CT molecular complexity index is 1880. The predicted octanol–water partition coefficient (Wildman–Crippen LogP) is 10.8. The zero-order valence-electron chi connectivity index (χ0n) is 32.0. The van der Waals surface area contributed by atoms with Crippen LogP contribution in [0.2, 0.25) is 6.04 Å². The highest BCUT2D eigenvalue weighted by molar-refractivity contribution is 8.00. The molecule has 11 heteroatoms. The Morgan fingerprint density at radius 3 is 1.81 bits per heavy atom. The van der Waals surface area contributed by atoms with Gasteiger partial charge in [-0.2, -0.15) is 0 Å². The number of hydrogen-bond donors (Lipinski definition) is 4. The minimum atomic E-state index is -3.64. The Hall–Kier alpha value is -3.13.